The van der Waals surface area contributed by atoms with Gasteiger partial charge in [-0.25, -0.2) is 0 Å². The van der Waals surface area contributed by atoms with E-state index >= 15 is 0 Å². The summed E-state index contributed by atoms with van der Waals surface area (Å²) in [6.45, 7) is 0. The van der Waals surface area contributed by atoms with Gasteiger partial charge in [0.15, 0.2) is 0 Å². The van der Waals surface area contributed by atoms with Crippen LogP contribution in [0.2, 0.25) is 0 Å². The molecule has 9 heavy (non-hydrogen) atoms. The Labute approximate surface area is 55.0 Å². The summed E-state index contributed by atoms with van der Waals surface area (Å²) in [6, 6.07) is 0.113. The van der Waals surface area contributed by atoms with Gasteiger partial charge in [0.05, 0.1) is 6.10 Å². The normalized spacial score (nSPS) is 45.0. The standard InChI is InChI=1S/C6H14N2O/c7-5-2-1-4(9)3-6(5)8/h4-6,9H,1-3,7-8H2/t4-,5+,6-/m1/s1. The molecule has 0 aromatic rings. The molecule has 0 aliphatic heterocycles. The van der Waals surface area contributed by atoms with E-state index in [1.54, 1.807) is 0 Å². The number of hydrogen-bond acceptors (Lipinski definition) is 3. The highest BCUT2D eigenvalue weighted by molar-refractivity contribution is 4.84. The van der Waals surface area contributed by atoms with E-state index in [-0.39, 0.29) is 18.2 Å². The minimum atomic E-state index is -0.209. The fourth-order valence-corrected chi connectivity index (χ4v) is 1.21. The summed E-state index contributed by atoms with van der Waals surface area (Å²) in [5, 5.41) is 9.06. The van der Waals surface area contributed by atoms with Crippen LogP contribution in [0.15, 0.2) is 0 Å². The summed E-state index contributed by atoms with van der Waals surface area (Å²) in [5.41, 5.74) is 11.2. The molecule has 54 valence electrons. The quantitative estimate of drug-likeness (QED) is 0.401. The molecule has 0 bridgehead atoms. The average Bonchev–Trinajstić information content (AvgIpc) is 1.80. The molecule has 0 radical (unpaired) electrons. The predicted molar refractivity (Wildman–Crippen MR) is 35.8 cm³/mol. The zero-order valence-electron chi connectivity index (χ0n) is 5.46. The minimum absolute atomic E-state index is 0.00810. The van der Waals surface area contributed by atoms with Gasteiger partial charge in [0.1, 0.15) is 0 Å². The minimum Gasteiger partial charge on any atom is -0.393 e. The van der Waals surface area contributed by atoms with Gasteiger partial charge in [0.2, 0.25) is 0 Å². The SMILES string of the molecule is N[C@@H]1C[C@H](O)CC[C@@H]1N. The van der Waals surface area contributed by atoms with Gasteiger partial charge in [-0.1, -0.05) is 0 Å². The number of nitrogens with two attached hydrogens (primary N) is 2. The van der Waals surface area contributed by atoms with Gasteiger partial charge in [-0.3, -0.25) is 0 Å². The van der Waals surface area contributed by atoms with Gasteiger partial charge < -0.3 is 16.6 Å². The molecule has 3 nitrogen and oxygen atoms in total. The van der Waals surface area contributed by atoms with E-state index in [0.717, 1.165) is 12.8 Å². The van der Waals surface area contributed by atoms with Crippen LogP contribution in [0.25, 0.3) is 0 Å². The first-order valence-corrected chi connectivity index (χ1v) is 3.39. The summed E-state index contributed by atoms with van der Waals surface area (Å²) in [6.07, 6.45) is 2.14. The Kier molecular flexibility index (Phi) is 2.05. The van der Waals surface area contributed by atoms with Crippen LogP contribution in [0.1, 0.15) is 19.3 Å². The van der Waals surface area contributed by atoms with Crippen molar-refractivity contribution in [3.05, 3.63) is 0 Å². The number of hydrogen-bond donors (Lipinski definition) is 3. The first kappa shape index (κ1) is 6.99. The molecule has 0 unspecified atom stereocenters. The van der Waals surface area contributed by atoms with Crippen LogP contribution in [0.3, 0.4) is 0 Å². The highest BCUT2D eigenvalue weighted by Crippen LogP contribution is 2.15. The Bertz CT molecular complexity index is 97.1. The number of rotatable bonds is 0. The molecule has 0 spiro atoms. The van der Waals surface area contributed by atoms with Crippen LogP contribution in [0, 0.1) is 0 Å². The smallest absolute Gasteiger partial charge is 0.0556 e. The van der Waals surface area contributed by atoms with Gasteiger partial charge in [-0.2, -0.15) is 0 Å². The molecule has 5 N–H and O–H groups in total. The number of aliphatic hydroxyl groups is 1. The second-order valence-corrected chi connectivity index (χ2v) is 2.79. The van der Waals surface area contributed by atoms with E-state index in [1.807, 2.05) is 0 Å². The van der Waals surface area contributed by atoms with Crippen LogP contribution >= 0.6 is 0 Å². The third-order valence-corrected chi connectivity index (χ3v) is 1.93. The molecule has 1 saturated carbocycles. The molecule has 3 heteroatoms. The Balaban J connectivity index is 2.35. The van der Waals surface area contributed by atoms with Gasteiger partial charge >= 0.3 is 0 Å². The Morgan fingerprint density at radius 3 is 2.22 bits per heavy atom. The summed E-state index contributed by atoms with van der Waals surface area (Å²) in [5.74, 6) is 0. The maximum atomic E-state index is 9.06. The number of aliphatic hydroxyl groups excluding tert-OH is 1. The van der Waals surface area contributed by atoms with Gasteiger partial charge in [0.25, 0.3) is 0 Å². The van der Waals surface area contributed by atoms with Crippen LogP contribution < -0.4 is 11.5 Å². The fraction of sp³-hybridized carbons (Fsp3) is 1.00. The van der Waals surface area contributed by atoms with Crippen LogP contribution in [0.5, 0.6) is 0 Å². The van der Waals surface area contributed by atoms with Crippen LogP contribution in [-0.2, 0) is 0 Å². The summed E-state index contributed by atoms with van der Waals surface area (Å²) >= 11 is 0. The van der Waals surface area contributed by atoms with Gasteiger partial charge in [-0.15, -0.1) is 0 Å². The van der Waals surface area contributed by atoms with Crippen molar-refractivity contribution < 1.29 is 5.11 Å². The first-order chi connectivity index (χ1) is 4.20. The van der Waals surface area contributed by atoms with Crippen molar-refractivity contribution in [2.75, 3.05) is 0 Å². The van der Waals surface area contributed by atoms with Crippen molar-refractivity contribution in [3.8, 4) is 0 Å². The summed E-state index contributed by atoms with van der Waals surface area (Å²) < 4.78 is 0. The zero-order chi connectivity index (χ0) is 6.85. The molecule has 0 saturated heterocycles. The molecule has 0 aromatic heterocycles. The molecular formula is C6H14N2O. The Morgan fingerprint density at radius 2 is 1.78 bits per heavy atom. The second kappa shape index (κ2) is 2.64. The lowest BCUT2D eigenvalue weighted by Crippen LogP contribution is -2.47. The first-order valence-electron chi connectivity index (χ1n) is 3.39. The second-order valence-electron chi connectivity index (χ2n) is 2.79. The van der Waals surface area contributed by atoms with Crippen molar-refractivity contribution >= 4 is 0 Å². The lowest BCUT2D eigenvalue weighted by atomic mass is 9.90. The van der Waals surface area contributed by atoms with E-state index in [4.69, 9.17) is 16.6 Å². The predicted octanol–water partition coefficient (Wildman–Crippen LogP) is -0.814. The molecule has 0 aromatic carbocycles. The Morgan fingerprint density at radius 1 is 1.11 bits per heavy atom. The van der Waals surface area contributed by atoms with Crippen molar-refractivity contribution in [2.24, 2.45) is 11.5 Å². The van der Waals surface area contributed by atoms with E-state index in [9.17, 15) is 0 Å². The van der Waals surface area contributed by atoms with E-state index < -0.39 is 0 Å². The highest BCUT2D eigenvalue weighted by atomic mass is 16.3. The fourth-order valence-electron chi connectivity index (χ4n) is 1.21. The van der Waals surface area contributed by atoms with Crippen molar-refractivity contribution in [1.82, 2.24) is 0 Å². The van der Waals surface area contributed by atoms with Crippen molar-refractivity contribution in [3.63, 3.8) is 0 Å². The summed E-state index contributed by atoms with van der Waals surface area (Å²) in [7, 11) is 0. The molecule has 1 rings (SSSR count). The average molecular weight is 130 g/mol. The monoisotopic (exact) mass is 130 g/mol. The van der Waals surface area contributed by atoms with E-state index in [2.05, 4.69) is 0 Å². The highest BCUT2D eigenvalue weighted by Gasteiger charge is 2.23. The molecule has 1 aliphatic carbocycles. The van der Waals surface area contributed by atoms with Crippen molar-refractivity contribution in [1.29, 1.82) is 0 Å². The largest absolute Gasteiger partial charge is 0.393 e. The third-order valence-electron chi connectivity index (χ3n) is 1.93. The lowest BCUT2D eigenvalue weighted by Gasteiger charge is -2.28. The molecular weight excluding hydrogens is 116 g/mol. The third kappa shape index (κ3) is 1.64. The molecule has 1 aliphatic rings. The van der Waals surface area contributed by atoms with E-state index in [0.29, 0.717) is 6.42 Å². The van der Waals surface area contributed by atoms with Gasteiger partial charge in [-0.05, 0) is 19.3 Å². The lowest BCUT2D eigenvalue weighted by molar-refractivity contribution is 0.112. The summed E-state index contributed by atoms with van der Waals surface area (Å²) in [4.78, 5) is 0. The molecule has 0 amide bonds. The maximum absolute atomic E-state index is 9.06. The van der Waals surface area contributed by atoms with Crippen LogP contribution in [-0.4, -0.2) is 23.3 Å². The van der Waals surface area contributed by atoms with Gasteiger partial charge in [0, 0.05) is 12.1 Å². The maximum Gasteiger partial charge on any atom is 0.0556 e. The van der Waals surface area contributed by atoms with E-state index in [1.165, 1.54) is 0 Å². The molecule has 1 fully saturated rings. The Hall–Kier alpha value is -0.120. The van der Waals surface area contributed by atoms with Crippen molar-refractivity contribution in [2.45, 2.75) is 37.5 Å². The topological polar surface area (TPSA) is 72.3 Å². The molecule has 3 atom stereocenters. The zero-order valence-corrected chi connectivity index (χ0v) is 5.46. The molecule has 0 heterocycles. The van der Waals surface area contributed by atoms with Crippen LogP contribution in [0.4, 0.5) is 0 Å².